The van der Waals surface area contributed by atoms with Gasteiger partial charge in [-0.25, -0.2) is 13.1 Å². The third kappa shape index (κ3) is 4.72. The van der Waals surface area contributed by atoms with E-state index >= 15 is 0 Å². The summed E-state index contributed by atoms with van der Waals surface area (Å²) in [5, 5.41) is 2.44. The molecule has 0 saturated heterocycles. The van der Waals surface area contributed by atoms with Crippen molar-refractivity contribution in [2.75, 3.05) is 11.2 Å². The number of rotatable bonds is 5. The first-order valence-electron chi connectivity index (χ1n) is 7.90. The van der Waals surface area contributed by atoms with Gasteiger partial charge in [0, 0.05) is 7.05 Å². The van der Waals surface area contributed by atoms with Crippen LogP contribution in [-0.2, 0) is 17.2 Å². The average molecular weight is 395 g/mol. The molecule has 0 bridgehead atoms. The van der Waals surface area contributed by atoms with Gasteiger partial charge in [0.1, 0.15) is 21.7 Å². The van der Waals surface area contributed by atoms with Crippen LogP contribution in [0.2, 0.25) is 0 Å². The zero-order chi connectivity index (χ0) is 18.9. The molecular formula is C18H18N3NaO4S. The van der Waals surface area contributed by atoms with Gasteiger partial charge in [0.25, 0.3) is 5.56 Å². The molecule has 0 aliphatic rings. The van der Waals surface area contributed by atoms with Crippen LogP contribution in [-0.4, -0.2) is 28.2 Å². The molecule has 3 aromatic rings. The minimum Gasteiger partial charge on any atom is -0.747 e. The van der Waals surface area contributed by atoms with E-state index in [4.69, 9.17) is 0 Å². The van der Waals surface area contributed by atoms with Gasteiger partial charge in [0.15, 0.2) is 0 Å². The summed E-state index contributed by atoms with van der Waals surface area (Å²) in [6, 6.07) is 17.2. The first-order chi connectivity index (χ1) is 12.3. The molecule has 0 unspecified atom stereocenters. The molecule has 1 heterocycles. The van der Waals surface area contributed by atoms with E-state index in [0.717, 1.165) is 11.1 Å². The molecule has 0 atom stereocenters. The number of benzene rings is 2. The Kier molecular flexibility index (Phi) is 6.72. The largest absolute Gasteiger partial charge is 1.00 e. The maximum Gasteiger partial charge on any atom is 1.00 e. The quantitative estimate of drug-likeness (QED) is 0.445. The normalized spacial score (nSPS) is 11.1. The van der Waals surface area contributed by atoms with Crippen LogP contribution >= 0.6 is 0 Å². The van der Waals surface area contributed by atoms with Crippen molar-refractivity contribution in [2.45, 2.75) is 6.92 Å². The summed E-state index contributed by atoms with van der Waals surface area (Å²) in [4.78, 5) is 12.8. The van der Waals surface area contributed by atoms with Gasteiger partial charge in [-0.15, -0.1) is 0 Å². The van der Waals surface area contributed by atoms with E-state index in [-0.39, 0.29) is 35.2 Å². The van der Waals surface area contributed by atoms with Crippen molar-refractivity contribution in [3.63, 3.8) is 0 Å². The standard InChI is InChI=1S/C18H19N3O4S.Na/c1-13-17(19-12-26(23,24)25)18(22)21(20(13)2)16-10-6-9-15(11-16)14-7-4-3-5-8-14;/h3-11,19H,12H2,1-2H3,(H,23,24,25);/q;+1/p-1. The minimum atomic E-state index is -4.49. The van der Waals surface area contributed by atoms with Gasteiger partial charge in [0.2, 0.25) is 0 Å². The van der Waals surface area contributed by atoms with Crippen LogP contribution in [0, 0.1) is 6.92 Å². The Morgan fingerprint density at radius 2 is 1.67 bits per heavy atom. The third-order valence-electron chi connectivity index (χ3n) is 4.18. The molecule has 1 aromatic heterocycles. The number of anilines is 1. The molecule has 0 spiro atoms. The Morgan fingerprint density at radius 1 is 1.04 bits per heavy atom. The molecule has 0 aliphatic carbocycles. The summed E-state index contributed by atoms with van der Waals surface area (Å²) in [6.45, 7) is 1.68. The Labute approximate surface area is 179 Å². The predicted octanol–water partition coefficient (Wildman–Crippen LogP) is -0.930. The van der Waals surface area contributed by atoms with Gasteiger partial charge in [-0.05, 0) is 30.2 Å². The second-order valence-electron chi connectivity index (χ2n) is 5.90. The van der Waals surface area contributed by atoms with Crippen LogP contribution in [0.1, 0.15) is 5.69 Å². The van der Waals surface area contributed by atoms with E-state index in [9.17, 15) is 17.8 Å². The zero-order valence-electron chi connectivity index (χ0n) is 15.3. The molecular weight excluding hydrogens is 377 g/mol. The second-order valence-corrected chi connectivity index (χ2v) is 7.30. The van der Waals surface area contributed by atoms with E-state index in [1.165, 1.54) is 4.68 Å². The molecule has 0 radical (unpaired) electrons. The molecule has 3 rings (SSSR count). The summed E-state index contributed by atoms with van der Waals surface area (Å²) in [7, 11) is -2.79. The summed E-state index contributed by atoms with van der Waals surface area (Å²) in [6.07, 6.45) is 0. The van der Waals surface area contributed by atoms with Gasteiger partial charge in [-0.2, -0.15) is 0 Å². The fourth-order valence-corrected chi connectivity index (χ4v) is 3.13. The molecule has 0 fully saturated rings. The van der Waals surface area contributed by atoms with Crippen molar-refractivity contribution in [2.24, 2.45) is 7.05 Å². The summed E-state index contributed by atoms with van der Waals surface area (Å²) < 4.78 is 35.6. The fraction of sp³-hybridized carbons (Fsp3) is 0.167. The molecule has 1 N–H and O–H groups in total. The Bertz CT molecular complexity index is 1110. The van der Waals surface area contributed by atoms with E-state index in [1.807, 2.05) is 48.5 Å². The molecule has 0 saturated carbocycles. The van der Waals surface area contributed by atoms with E-state index in [0.29, 0.717) is 11.4 Å². The van der Waals surface area contributed by atoms with Crippen molar-refractivity contribution in [3.8, 4) is 16.8 Å². The Balaban J connectivity index is 0.00000261. The van der Waals surface area contributed by atoms with Gasteiger partial charge in [0.05, 0.1) is 11.4 Å². The van der Waals surface area contributed by atoms with Crippen molar-refractivity contribution in [3.05, 3.63) is 70.6 Å². The smallest absolute Gasteiger partial charge is 0.747 e. The zero-order valence-corrected chi connectivity index (χ0v) is 18.2. The number of aromatic nitrogens is 2. The molecule has 0 amide bonds. The minimum absolute atomic E-state index is 0. The van der Waals surface area contributed by atoms with Crippen molar-refractivity contribution >= 4 is 15.8 Å². The van der Waals surface area contributed by atoms with Gasteiger partial charge >= 0.3 is 29.6 Å². The molecule has 0 aliphatic heterocycles. The third-order valence-corrected chi connectivity index (χ3v) is 4.67. The Hall–Kier alpha value is -1.84. The SMILES string of the molecule is Cc1c(NCS(=O)(=O)[O-])c(=O)n(-c2cccc(-c3ccccc3)c2)n1C.[Na+]. The first kappa shape index (κ1) is 21.5. The van der Waals surface area contributed by atoms with Gasteiger partial charge in [-0.3, -0.25) is 9.48 Å². The average Bonchev–Trinajstić information content (AvgIpc) is 2.82. The number of hydrogen-bond acceptors (Lipinski definition) is 5. The molecule has 9 heteroatoms. The van der Waals surface area contributed by atoms with Gasteiger partial charge < -0.3 is 9.87 Å². The summed E-state index contributed by atoms with van der Waals surface area (Å²) >= 11 is 0. The Morgan fingerprint density at radius 3 is 2.30 bits per heavy atom. The van der Waals surface area contributed by atoms with E-state index < -0.39 is 21.6 Å². The topological polar surface area (TPSA) is 96.2 Å². The molecule has 2 aromatic carbocycles. The maximum absolute atomic E-state index is 12.8. The van der Waals surface area contributed by atoms with E-state index in [2.05, 4.69) is 5.32 Å². The fourth-order valence-electron chi connectivity index (χ4n) is 2.81. The van der Waals surface area contributed by atoms with E-state index in [1.54, 1.807) is 24.7 Å². The predicted molar refractivity (Wildman–Crippen MR) is 99.4 cm³/mol. The second kappa shape index (κ2) is 8.45. The number of nitrogens with one attached hydrogen (secondary N) is 1. The van der Waals surface area contributed by atoms with Crippen LogP contribution in [0.3, 0.4) is 0 Å². The molecule has 27 heavy (non-hydrogen) atoms. The summed E-state index contributed by atoms with van der Waals surface area (Å²) in [5.74, 6) is -0.836. The summed E-state index contributed by atoms with van der Waals surface area (Å²) in [5.41, 5.74) is 2.81. The first-order valence-corrected chi connectivity index (χ1v) is 9.47. The molecule has 7 nitrogen and oxygen atoms in total. The van der Waals surface area contributed by atoms with Crippen molar-refractivity contribution in [1.29, 1.82) is 0 Å². The van der Waals surface area contributed by atoms with Crippen LogP contribution in [0.4, 0.5) is 5.69 Å². The number of nitrogens with zero attached hydrogens (tertiary/aromatic N) is 2. The van der Waals surface area contributed by atoms with Crippen molar-refractivity contribution < 1.29 is 42.5 Å². The van der Waals surface area contributed by atoms with Crippen LogP contribution < -0.4 is 40.4 Å². The van der Waals surface area contributed by atoms with Crippen LogP contribution in [0.15, 0.2) is 59.4 Å². The van der Waals surface area contributed by atoms with Crippen LogP contribution in [0.25, 0.3) is 16.8 Å². The molecule has 136 valence electrons. The monoisotopic (exact) mass is 395 g/mol. The number of hydrogen-bond donors (Lipinski definition) is 1. The van der Waals surface area contributed by atoms with Crippen LogP contribution in [0.5, 0.6) is 0 Å². The van der Waals surface area contributed by atoms with Gasteiger partial charge in [-0.1, -0.05) is 42.5 Å². The maximum atomic E-state index is 12.8. The van der Waals surface area contributed by atoms with Crippen molar-refractivity contribution in [1.82, 2.24) is 9.36 Å².